The molecule has 1 unspecified atom stereocenters. The smallest absolute Gasteiger partial charge is 0.0793 e. The predicted octanol–water partition coefficient (Wildman–Crippen LogP) is -0.972. The average molecular weight is 186 g/mol. The summed E-state index contributed by atoms with van der Waals surface area (Å²) in [7, 11) is 0. The van der Waals surface area contributed by atoms with Crippen LogP contribution in [0, 0.1) is 5.41 Å². The van der Waals surface area contributed by atoms with Crippen LogP contribution in [-0.2, 0) is 4.74 Å². The predicted molar refractivity (Wildman–Crippen MR) is 49.4 cm³/mol. The molecule has 2 aliphatic heterocycles. The van der Waals surface area contributed by atoms with Gasteiger partial charge in [-0.25, -0.2) is 0 Å². The fourth-order valence-corrected chi connectivity index (χ4v) is 2.15. The quantitative estimate of drug-likeness (QED) is 0.595. The van der Waals surface area contributed by atoms with Crippen LogP contribution in [0.2, 0.25) is 0 Å². The highest BCUT2D eigenvalue weighted by Gasteiger charge is 2.38. The Kier molecular flexibility index (Phi) is 2.55. The van der Waals surface area contributed by atoms with E-state index in [4.69, 9.17) is 15.6 Å². The van der Waals surface area contributed by atoms with Crippen molar-refractivity contribution in [2.24, 2.45) is 11.1 Å². The van der Waals surface area contributed by atoms with Gasteiger partial charge in [0.15, 0.2) is 0 Å². The summed E-state index contributed by atoms with van der Waals surface area (Å²) in [5.41, 5.74) is 5.93. The number of aliphatic hydroxyl groups excluding tert-OH is 1. The average Bonchev–Trinajstić information content (AvgIpc) is 2.51. The fourth-order valence-electron chi connectivity index (χ4n) is 2.15. The van der Waals surface area contributed by atoms with Gasteiger partial charge in [0.05, 0.1) is 12.7 Å². The van der Waals surface area contributed by atoms with Crippen LogP contribution in [0.3, 0.4) is 0 Å². The highest BCUT2D eigenvalue weighted by Crippen LogP contribution is 2.29. The summed E-state index contributed by atoms with van der Waals surface area (Å²) in [6.07, 6.45) is 0.952. The largest absolute Gasteiger partial charge is 0.390 e. The Balaban J connectivity index is 1.83. The fraction of sp³-hybridized carbons (Fsp3) is 1.00. The lowest BCUT2D eigenvalue weighted by molar-refractivity contribution is -0.0229. The summed E-state index contributed by atoms with van der Waals surface area (Å²) in [5.74, 6) is 0. The van der Waals surface area contributed by atoms with Gasteiger partial charge in [-0.1, -0.05) is 0 Å². The molecular weight excluding hydrogens is 168 g/mol. The van der Waals surface area contributed by atoms with E-state index < -0.39 is 0 Å². The highest BCUT2D eigenvalue weighted by atomic mass is 16.5. The van der Waals surface area contributed by atoms with E-state index in [0.717, 1.165) is 39.3 Å². The van der Waals surface area contributed by atoms with E-state index in [2.05, 4.69) is 4.90 Å². The van der Waals surface area contributed by atoms with Gasteiger partial charge in [0.2, 0.25) is 0 Å². The van der Waals surface area contributed by atoms with Crippen LogP contribution in [0.4, 0.5) is 0 Å². The maximum atomic E-state index is 9.14. The van der Waals surface area contributed by atoms with Crippen molar-refractivity contribution in [3.05, 3.63) is 0 Å². The molecule has 0 aliphatic carbocycles. The number of β-amino-alcohol motifs (C(OH)–C–C–N with tert-alkyl or cyclic N) is 1. The Hall–Kier alpha value is -0.160. The van der Waals surface area contributed by atoms with Crippen LogP contribution < -0.4 is 5.73 Å². The lowest BCUT2D eigenvalue weighted by Gasteiger charge is -2.41. The van der Waals surface area contributed by atoms with Gasteiger partial charge < -0.3 is 15.6 Å². The number of hydrogen-bond donors (Lipinski definition) is 2. The molecule has 2 fully saturated rings. The second kappa shape index (κ2) is 3.53. The van der Waals surface area contributed by atoms with Crippen molar-refractivity contribution in [2.45, 2.75) is 12.5 Å². The second-order valence-electron chi connectivity index (χ2n) is 4.35. The Bertz CT molecular complexity index is 174. The van der Waals surface area contributed by atoms with Crippen molar-refractivity contribution in [3.8, 4) is 0 Å². The van der Waals surface area contributed by atoms with Crippen LogP contribution >= 0.6 is 0 Å². The second-order valence-corrected chi connectivity index (χ2v) is 4.35. The van der Waals surface area contributed by atoms with E-state index in [1.165, 1.54) is 0 Å². The van der Waals surface area contributed by atoms with Gasteiger partial charge >= 0.3 is 0 Å². The Morgan fingerprint density at radius 1 is 1.54 bits per heavy atom. The number of nitrogens with two attached hydrogens (primary N) is 1. The van der Waals surface area contributed by atoms with E-state index in [0.29, 0.717) is 6.54 Å². The molecule has 2 saturated heterocycles. The van der Waals surface area contributed by atoms with Crippen molar-refractivity contribution < 1.29 is 9.84 Å². The number of aliphatic hydroxyl groups is 1. The first-order valence-corrected chi connectivity index (χ1v) is 4.92. The van der Waals surface area contributed by atoms with Crippen molar-refractivity contribution in [1.82, 2.24) is 4.90 Å². The molecule has 0 saturated carbocycles. The van der Waals surface area contributed by atoms with E-state index in [1.807, 2.05) is 0 Å². The third kappa shape index (κ3) is 1.86. The molecule has 0 spiro atoms. The highest BCUT2D eigenvalue weighted by molar-refractivity contribution is 4.91. The van der Waals surface area contributed by atoms with Crippen molar-refractivity contribution in [1.29, 1.82) is 0 Å². The lowest BCUT2D eigenvalue weighted by Crippen LogP contribution is -2.55. The van der Waals surface area contributed by atoms with Crippen molar-refractivity contribution in [2.75, 3.05) is 39.4 Å². The Labute approximate surface area is 78.7 Å². The molecule has 2 heterocycles. The molecule has 1 atom stereocenters. The van der Waals surface area contributed by atoms with Crippen molar-refractivity contribution in [3.63, 3.8) is 0 Å². The lowest BCUT2D eigenvalue weighted by atomic mass is 9.86. The molecule has 0 aromatic heterocycles. The molecule has 0 aromatic rings. The van der Waals surface area contributed by atoms with Gasteiger partial charge in [-0.05, 0) is 6.42 Å². The molecule has 4 heteroatoms. The number of ether oxygens (including phenoxy) is 1. The van der Waals surface area contributed by atoms with E-state index in [9.17, 15) is 0 Å². The van der Waals surface area contributed by atoms with Crippen LogP contribution in [0.5, 0.6) is 0 Å². The molecule has 2 aliphatic rings. The first-order chi connectivity index (χ1) is 6.24. The van der Waals surface area contributed by atoms with Crippen LogP contribution in [0.25, 0.3) is 0 Å². The maximum absolute atomic E-state index is 9.14. The van der Waals surface area contributed by atoms with Crippen LogP contribution in [0.15, 0.2) is 0 Å². The zero-order valence-corrected chi connectivity index (χ0v) is 7.91. The third-order valence-electron chi connectivity index (χ3n) is 3.11. The molecule has 0 amide bonds. The summed E-state index contributed by atoms with van der Waals surface area (Å²) in [4.78, 5) is 2.26. The van der Waals surface area contributed by atoms with E-state index in [1.54, 1.807) is 0 Å². The molecule has 2 rings (SSSR count). The summed E-state index contributed by atoms with van der Waals surface area (Å²) >= 11 is 0. The first-order valence-electron chi connectivity index (χ1n) is 4.92. The van der Waals surface area contributed by atoms with Gasteiger partial charge in [0, 0.05) is 38.2 Å². The summed E-state index contributed by atoms with van der Waals surface area (Å²) in [6, 6.07) is 0. The van der Waals surface area contributed by atoms with Gasteiger partial charge in [-0.3, -0.25) is 4.90 Å². The van der Waals surface area contributed by atoms with Gasteiger partial charge in [0.1, 0.15) is 0 Å². The van der Waals surface area contributed by atoms with Crippen LogP contribution in [0.1, 0.15) is 6.42 Å². The minimum Gasteiger partial charge on any atom is -0.390 e. The van der Waals surface area contributed by atoms with E-state index in [-0.39, 0.29) is 11.5 Å². The van der Waals surface area contributed by atoms with Crippen LogP contribution in [-0.4, -0.2) is 55.5 Å². The SMILES string of the molecule is NCC1(CN2CC(O)C2)CCOC1. The van der Waals surface area contributed by atoms with E-state index >= 15 is 0 Å². The number of hydrogen-bond acceptors (Lipinski definition) is 4. The first kappa shape index (κ1) is 9.40. The zero-order valence-electron chi connectivity index (χ0n) is 7.91. The van der Waals surface area contributed by atoms with Gasteiger partial charge in [-0.15, -0.1) is 0 Å². The summed E-state index contributed by atoms with van der Waals surface area (Å²) in [6.45, 7) is 4.92. The molecule has 4 nitrogen and oxygen atoms in total. The molecule has 13 heavy (non-hydrogen) atoms. The topological polar surface area (TPSA) is 58.7 Å². The molecule has 3 N–H and O–H groups in total. The standard InChI is InChI=1S/C9H18N2O2/c10-5-9(1-2-13-7-9)6-11-3-8(12)4-11/h8,12H,1-7,10H2. The third-order valence-corrected chi connectivity index (χ3v) is 3.11. The molecular formula is C9H18N2O2. The summed E-state index contributed by atoms with van der Waals surface area (Å²) < 4.78 is 5.38. The minimum atomic E-state index is -0.114. The van der Waals surface area contributed by atoms with Gasteiger partial charge in [0.25, 0.3) is 0 Å². The molecule has 0 radical (unpaired) electrons. The van der Waals surface area contributed by atoms with Gasteiger partial charge in [-0.2, -0.15) is 0 Å². The zero-order chi connectivity index (χ0) is 9.31. The Morgan fingerprint density at radius 2 is 2.31 bits per heavy atom. The monoisotopic (exact) mass is 186 g/mol. The normalized spacial score (nSPS) is 36.5. The maximum Gasteiger partial charge on any atom is 0.0793 e. The summed E-state index contributed by atoms with van der Waals surface area (Å²) in [5, 5.41) is 9.14. The molecule has 76 valence electrons. The Morgan fingerprint density at radius 3 is 2.77 bits per heavy atom. The van der Waals surface area contributed by atoms with Crippen molar-refractivity contribution >= 4 is 0 Å². The number of likely N-dealkylation sites (tertiary alicyclic amines) is 1. The minimum absolute atomic E-state index is 0.114. The number of rotatable bonds is 3. The number of nitrogens with zero attached hydrogens (tertiary/aromatic N) is 1. The molecule has 0 bridgehead atoms. The molecule has 0 aromatic carbocycles.